The first-order valence-electron chi connectivity index (χ1n) is 7.53. The number of benzene rings is 2. The van der Waals surface area contributed by atoms with E-state index in [-0.39, 0.29) is 5.41 Å². The summed E-state index contributed by atoms with van der Waals surface area (Å²) in [6.07, 6.45) is 0. The van der Waals surface area contributed by atoms with Crippen LogP contribution in [0.1, 0.15) is 55.5 Å². The van der Waals surface area contributed by atoms with Crippen LogP contribution in [0.25, 0.3) is 0 Å². The van der Waals surface area contributed by atoms with Crippen LogP contribution in [0.4, 0.5) is 0 Å². The summed E-state index contributed by atoms with van der Waals surface area (Å²) < 4.78 is 0. The third-order valence-corrected chi connectivity index (χ3v) is 4.23. The van der Waals surface area contributed by atoms with Crippen molar-refractivity contribution in [2.75, 3.05) is 0 Å². The topological polar surface area (TPSA) is 20.2 Å². The lowest BCUT2D eigenvalue weighted by Gasteiger charge is -2.28. The smallest absolute Gasteiger partial charge is 0.112 e. The molecule has 0 aliphatic carbocycles. The van der Waals surface area contributed by atoms with Crippen LogP contribution in [0.15, 0.2) is 42.5 Å². The van der Waals surface area contributed by atoms with E-state index in [4.69, 9.17) is 0 Å². The maximum Gasteiger partial charge on any atom is 0.112 e. The Morgan fingerprint density at radius 1 is 0.762 bits per heavy atom. The molecule has 0 amide bonds. The molecule has 112 valence electrons. The number of rotatable bonds is 2. The van der Waals surface area contributed by atoms with Gasteiger partial charge < -0.3 is 5.11 Å². The monoisotopic (exact) mass is 282 g/mol. The van der Waals surface area contributed by atoms with Gasteiger partial charge in [-0.25, -0.2) is 0 Å². The van der Waals surface area contributed by atoms with E-state index in [2.05, 4.69) is 58.0 Å². The Hall–Kier alpha value is -1.60. The number of aryl methyl sites for hydroxylation is 2. The third kappa shape index (κ3) is 3.19. The van der Waals surface area contributed by atoms with Gasteiger partial charge in [0.2, 0.25) is 0 Å². The molecule has 0 heterocycles. The predicted octanol–water partition coefficient (Wildman–Crippen LogP) is 4.86. The van der Waals surface area contributed by atoms with Crippen molar-refractivity contribution >= 4 is 0 Å². The molecule has 0 aliphatic rings. The predicted molar refractivity (Wildman–Crippen MR) is 89.7 cm³/mol. The molecule has 0 fully saturated rings. The molecule has 0 bridgehead atoms. The average molecular weight is 282 g/mol. The molecule has 0 spiro atoms. The van der Waals surface area contributed by atoms with Crippen LogP contribution < -0.4 is 0 Å². The van der Waals surface area contributed by atoms with E-state index in [9.17, 15) is 5.11 Å². The molecule has 1 nitrogen and oxygen atoms in total. The fraction of sp³-hybridized carbons (Fsp3) is 0.400. The summed E-state index contributed by atoms with van der Waals surface area (Å²) in [5.41, 5.74) is 4.64. The number of hydrogen-bond acceptors (Lipinski definition) is 1. The van der Waals surface area contributed by atoms with Crippen molar-refractivity contribution in [3.8, 4) is 0 Å². The first kappa shape index (κ1) is 15.8. The van der Waals surface area contributed by atoms with Crippen molar-refractivity contribution in [3.05, 3.63) is 70.3 Å². The molecule has 1 atom stereocenters. The third-order valence-electron chi connectivity index (χ3n) is 4.23. The van der Waals surface area contributed by atoms with Crippen molar-refractivity contribution < 1.29 is 5.11 Å². The molecule has 1 heteroatoms. The number of hydrogen-bond donors (Lipinski definition) is 1. The second-order valence-electron chi connectivity index (χ2n) is 7.22. The van der Waals surface area contributed by atoms with Crippen molar-refractivity contribution in [2.24, 2.45) is 0 Å². The highest BCUT2D eigenvalue weighted by Gasteiger charge is 2.27. The summed E-state index contributed by atoms with van der Waals surface area (Å²) in [6.45, 7) is 12.6. The average Bonchev–Trinajstić information content (AvgIpc) is 2.40. The zero-order valence-electron chi connectivity index (χ0n) is 14.0. The zero-order chi connectivity index (χ0) is 15.8. The van der Waals surface area contributed by atoms with Gasteiger partial charge >= 0.3 is 0 Å². The normalized spacial score (nSPS) is 14.8. The van der Waals surface area contributed by atoms with Gasteiger partial charge in [-0.15, -0.1) is 0 Å². The fourth-order valence-electron chi connectivity index (χ4n) is 2.71. The van der Waals surface area contributed by atoms with E-state index in [0.29, 0.717) is 0 Å². The van der Waals surface area contributed by atoms with Crippen LogP contribution in [0.2, 0.25) is 0 Å². The molecular formula is C20H26O. The molecule has 1 N–H and O–H groups in total. The van der Waals surface area contributed by atoms with Gasteiger partial charge in [0.15, 0.2) is 0 Å². The summed E-state index contributed by atoms with van der Waals surface area (Å²) in [5, 5.41) is 11.1. The second-order valence-corrected chi connectivity index (χ2v) is 7.22. The minimum absolute atomic E-state index is 0.129. The zero-order valence-corrected chi connectivity index (χ0v) is 14.0. The Balaban J connectivity index is 2.46. The molecule has 1 unspecified atom stereocenters. The van der Waals surface area contributed by atoms with Crippen LogP contribution in [-0.2, 0) is 11.0 Å². The maximum atomic E-state index is 11.1. The highest BCUT2D eigenvalue weighted by Crippen LogP contribution is 2.33. The van der Waals surface area contributed by atoms with Crippen LogP contribution in [0.5, 0.6) is 0 Å². The molecule has 2 rings (SSSR count). The lowest BCUT2D eigenvalue weighted by Crippen LogP contribution is -2.24. The van der Waals surface area contributed by atoms with E-state index in [1.54, 1.807) is 0 Å². The molecule has 2 aromatic rings. The fourth-order valence-corrected chi connectivity index (χ4v) is 2.71. The molecule has 0 saturated heterocycles. The molecule has 0 aliphatic heterocycles. The minimum Gasteiger partial charge on any atom is -0.381 e. The molecular weight excluding hydrogens is 256 g/mol. The van der Waals surface area contributed by atoms with E-state index in [1.807, 2.05) is 26.0 Å². The largest absolute Gasteiger partial charge is 0.381 e. The summed E-state index contributed by atoms with van der Waals surface area (Å²) in [5.74, 6) is 0. The SMILES string of the molecule is Cc1ccc(C)c(C(C)(O)c2ccc(C(C)(C)C)cc2)c1. The van der Waals surface area contributed by atoms with E-state index in [0.717, 1.165) is 16.7 Å². The standard InChI is InChI=1S/C20H26O/c1-14-7-8-15(2)18(13-14)20(6,21)17-11-9-16(10-12-17)19(3,4)5/h7-13,21H,1-6H3. The van der Waals surface area contributed by atoms with Gasteiger partial charge in [-0.05, 0) is 48.4 Å². The summed E-state index contributed by atoms with van der Waals surface area (Å²) in [6, 6.07) is 14.6. The summed E-state index contributed by atoms with van der Waals surface area (Å²) in [4.78, 5) is 0. The van der Waals surface area contributed by atoms with Gasteiger partial charge in [-0.3, -0.25) is 0 Å². The number of aliphatic hydroxyl groups is 1. The molecule has 21 heavy (non-hydrogen) atoms. The van der Waals surface area contributed by atoms with Gasteiger partial charge in [0, 0.05) is 0 Å². The highest BCUT2D eigenvalue weighted by atomic mass is 16.3. The quantitative estimate of drug-likeness (QED) is 0.834. The van der Waals surface area contributed by atoms with E-state index < -0.39 is 5.60 Å². The Kier molecular flexibility index (Phi) is 3.99. The van der Waals surface area contributed by atoms with Crippen molar-refractivity contribution in [2.45, 2.75) is 52.6 Å². The van der Waals surface area contributed by atoms with Gasteiger partial charge in [0.1, 0.15) is 5.60 Å². The van der Waals surface area contributed by atoms with Crippen molar-refractivity contribution in [1.82, 2.24) is 0 Å². The van der Waals surface area contributed by atoms with Crippen molar-refractivity contribution in [3.63, 3.8) is 0 Å². The summed E-state index contributed by atoms with van der Waals surface area (Å²) >= 11 is 0. The molecule has 2 aromatic carbocycles. The highest BCUT2D eigenvalue weighted by molar-refractivity contribution is 5.42. The lowest BCUT2D eigenvalue weighted by atomic mass is 9.82. The second kappa shape index (κ2) is 5.31. The van der Waals surface area contributed by atoms with Crippen LogP contribution in [0, 0.1) is 13.8 Å². The summed E-state index contributed by atoms with van der Waals surface area (Å²) in [7, 11) is 0. The Bertz CT molecular complexity index is 628. The minimum atomic E-state index is -0.966. The van der Waals surface area contributed by atoms with Gasteiger partial charge in [0.05, 0.1) is 0 Å². The molecule has 0 aromatic heterocycles. The van der Waals surface area contributed by atoms with E-state index in [1.165, 1.54) is 11.1 Å². The first-order chi connectivity index (χ1) is 9.62. The lowest BCUT2D eigenvalue weighted by molar-refractivity contribution is 0.101. The Labute approximate surface area is 128 Å². The maximum absolute atomic E-state index is 11.1. The van der Waals surface area contributed by atoms with Crippen molar-refractivity contribution in [1.29, 1.82) is 0 Å². The Morgan fingerprint density at radius 2 is 1.29 bits per heavy atom. The van der Waals surface area contributed by atoms with E-state index >= 15 is 0 Å². The van der Waals surface area contributed by atoms with Crippen LogP contribution in [0.3, 0.4) is 0 Å². The van der Waals surface area contributed by atoms with Crippen LogP contribution in [-0.4, -0.2) is 5.11 Å². The van der Waals surface area contributed by atoms with Gasteiger partial charge in [-0.1, -0.05) is 68.8 Å². The Morgan fingerprint density at radius 3 is 1.81 bits per heavy atom. The molecule has 0 radical (unpaired) electrons. The van der Waals surface area contributed by atoms with Gasteiger partial charge in [-0.2, -0.15) is 0 Å². The first-order valence-corrected chi connectivity index (χ1v) is 7.53. The molecule has 0 saturated carbocycles. The van der Waals surface area contributed by atoms with Gasteiger partial charge in [0.25, 0.3) is 0 Å². The van der Waals surface area contributed by atoms with Crippen LogP contribution >= 0.6 is 0 Å².